The first-order valence-electron chi connectivity index (χ1n) is 9.91. The number of piperazine rings is 1. The number of H-pyrrole nitrogens is 1. The van der Waals surface area contributed by atoms with Gasteiger partial charge in [0.25, 0.3) is 0 Å². The highest BCUT2D eigenvalue weighted by Crippen LogP contribution is 2.30. The zero-order chi connectivity index (χ0) is 19.8. The summed E-state index contributed by atoms with van der Waals surface area (Å²) in [4.78, 5) is 9.17. The Labute approximate surface area is 169 Å². The highest BCUT2D eigenvalue weighted by molar-refractivity contribution is 5.96. The van der Waals surface area contributed by atoms with Crippen LogP contribution in [0.5, 0.6) is 0 Å². The van der Waals surface area contributed by atoms with E-state index in [1.165, 1.54) is 16.3 Å². The number of anilines is 2. The van der Waals surface area contributed by atoms with Gasteiger partial charge in [-0.05, 0) is 42.1 Å². The predicted octanol–water partition coefficient (Wildman–Crippen LogP) is 4.07. The summed E-state index contributed by atoms with van der Waals surface area (Å²) in [6, 6.07) is 16.7. The van der Waals surface area contributed by atoms with Gasteiger partial charge >= 0.3 is 0 Å². The Balaban J connectivity index is 1.45. The topological polar surface area (TPSA) is 60.1 Å². The van der Waals surface area contributed by atoms with Gasteiger partial charge in [0.1, 0.15) is 5.52 Å². The fraction of sp³-hybridized carbons (Fsp3) is 0.217. The molecule has 5 rings (SSSR count). The van der Waals surface area contributed by atoms with Crippen molar-refractivity contribution in [2.45, 2.75) is 0 Å². The van der Waals surface area contributed by atoms with E-state index < -0.39 is 0 Å². The van der Waals surface area contributed by atoms with Crippen LogP contribution in [0.1, 0.15) is 5.56 Å². The molecule has 0 bridgehead atoms. The number of aromatic nitrogens is 3. The van der Waals surface area contributed by atoms with E-state index in [9.17, 15) is 0 Å². The Morgan fingerprint density at radius 3 is 2.79 bits per heavy atom. The van der Waals surface area contributed by atoms with Gasteiger partial charge in [-0.1, -0.05) is 30.8 Å². The molecule has 0 unspecified atom stereocenters. The molecule has 0 atom stereocenters. The molecule has 2 N–H and O–H groups in total. The zero-order valence-corrected chi connectivity index (χ0v) is 16.5. The number of likely N-dealkylation sites (N-methyl/N-ethyl adjacent to an activating group) is 1. The third-order valence-electron chi connectivity index (χ3n) is 5.66. The van der Waals surface area contributed by atoms with Gasteiger partial charge in [0.2, 0.25) is 0 Å². The second-order valence-electron chi connectivity index (χ2n) is 7.58. The Morgan fingerprint density at radius 2 is 1.93 bits per heavy atom. The molecule has 6 heteroatoms. The van der Waals surface area contributed by atoms with Crippen molar-refractivity contribution < 1.29 is 0 Å². The first kappa shape index (κ1) is 17.7. The molecule has 0 aliphatic carbocycles. The summed E-state index contributed by atoms with van der Waals surface area (Å²) in [6.07, 6.45) is 1.78. The lowest BCUT2D eigenvalue weighted by Crippen LogP contribution is -2.43. The molecule has 146 valence electrons. The highest BCUT2D eigenvalue weighted by Gasteiger charge is 2.17. The summed E-state index contributed by atoms with van der Waals surface area (Å²) >= 11 is 0. The standard InChI is InChI=1S/C23H24N6/c1-16(29-13-11-28(2)12-14-29)19-6-3-5-17-15-18(8-9-20(17)19)25-23-22-21(26-27-23)7-4-10-24-22/h3-10,15H,1,11-14H2,2H3,(H2,25,26,27). The second-order valence-corrected chi connectivity index (χ2v) is 7.58. The molecule has 1 aliphatic heterocycles. The number of nitrogens with zero attached hydrogens (tertiary/aromatic N) is 4. The predicted molar refractivity (Wildman–Crippen MR) is 119 cm³/mol. The maximum atomic E-state index is 4.42. The van der Waals surface area contributed by atoms with Crippen LogP contribution in [0.2, 0.25) is 0 Å². The van der Waals surface area contributed by atoms with Crippen molar-refractivity contribution >= 4 is 39.0 Å². The number of hydrogen-bond acceptors (Lipinski definition) is 5. The molecule has 3 heterocycles. The lowest BCUT2D eigenvalue weighted by molar-refractivity contribution is 0.207. The fourth-order valence-corrected chi connectivity index (χ4v) is 3.94. The summed E-state index contributed by atoms with van der Waals surface area (Å²) in [6.45, 7) is 8.59. The fourth-order valence-electron chi connectivity index (χ4n) is 3.94. The van der Waals surface area contributed by atoms with Gasteiger partial charge in [0.15, 0.2) is 5.82 Å². The van der Waals surface area contributed by atoms with E-state index in [2.05, 4.69) is 80.3 Å². The molecule has 0 amide bonds. The Kier molecular flexibility index (Phi) is 4.41. The summed E-state index contributed by atoms with van der Waals surface area (Å²) < 4.78 is 0. The maximum absolute atomic E-state index is 4.42. The van der Waals surface area contributed by atoms with Gasteiger partial charge in [-0.15, -0.1) is 0 Å². The molecule has 2 aromatic carbocycles. The molecule has 6 nitrogen and oxygen atoms in total. The highest BCUT2D eigenvalue weighted by atomic mass is 15.2. The van der Waals surface area contributed by atoms with Crippen molar-refractivity contribution in [3.05, 3.63) is 66.9 Å². The molecule has 0 radical (unpaired) electrons. The summed E-state index contributed by atoms with van der Waals surface area (Å²) in [5.41, 5.74) is 5.04. The maximum Gasteiger partial charge on any atom is 0.178 e. The number of aromatic amines is 1. The number of fused-ring (bicyclic) bond motifs is 2. The first-order chi connectivity index (χ1) is 14.2. The molecule has 1 fully saturated rings. The monoisotopic (exact) mass is 384 g/mol. The largest absolute Gasteiger partial charge is 0.369 e. The summed E-state index contributed by atoms with van der Waals surface area (Å²) in [5, 5.41) is 13.2. The molecule has 1 aliphatic rings. The van der Waals surface area contributed by atoms with Crippen LogP contribution in [0.3, 0.4) is 0 Å². The minimum atomic E-state index is 0.734. The van der Waals surface area contributed by atoms with Crippen LogP contribution in [0.15, 0.2) is 61.3 Å². The Hall–Kier alpha value is -3.38. The average molecular weight is 384 g/mol. The third kappa shape index (κ3) is 3.32. The third-order valence-corrected chi connectivity index (χ3v) is 5.66. The number of nitrogens with one attached hydrogen (secondary N) is 2. The van der Waals surface area contributed by atoms with Gasteiger partial charge in [-0.2, -0.15) is 5.10 Å². The molecule has 1 saturated heterocycles. The lowest BCUT2D eigenvalue weighted by atomic mass is 10.0. The number of pyridine rings is 1. The van der Waals surface area contributed by atoms with Gasteiger partial charge in [0, 0.05) is 49.3 Å². The number of rotatable bonds is 4. The first-order valence-corrected chi connectivity index (χ1v) is 9.91. The van der Waals surface area contributed by atoms with Gasteiger partial charge in [-0.25, -0.2) is 0 Å². The SMILES string of the molecule is C=C(c1cccc2cc(Nc3n[nH]c4cccnc34)ccc12)N1CCN(C)CC1. The molecular weight excluding hydrogens is 360 g/mol. The van der Waals surface area contributed by atoms with E-state index in [0.717, 1.165) is 54.4 Å². The van der Waals surface area contributed by atoms with Gasteiger partial charge in [-0.3, -0.25) is 10.1 Å². The van der Waals surface area contributed by atoms with Crippen molar-refractivity contribution in [2.24, 2.45) is 0 Å². The van der Waals surface area contributed by atoms with Crippen molar-refractivity contribution in [3.63, 3.8) is 0 Å². The van der Waals surface area contributed by atoms with Crippen LogP contribution in [-0.2, 0) is 0 Å². The smallest absolute Gasteiger partial charge is 0.178 e. The zero-order valence-electron chi connectivity index (χ0n) is 16.5. The van der Waals surface area contributed by atoms with Crippen molar-refractivity contribution in [1.29, 1.82) is 0 Å². The van der Waals surface area contributed by atoms with Crippen LogP contribution in [0, 0.1) is 0 Å². The normalized spacial score (nSPS) is 15.1. The second kappa shape index (κ2) is 7.22. The van der Waals surface area contributed by atoms with E-state index in [1.54, 1.807) is 6.20 Å². The molecular formula is C23H24N6. The van der Waals surface area contributed by atoms with Crippen LogP contribution in [0.4, 0.5) is 11.5 Å². The van der Waals surface area contributed by atoms with E-state index >= 15 is 0 Å². The summed E-state index contributed by atoms with van der Waals surface area (Å²) in [7, 11) is 2.17. The molecule has 2 aromatic heterocycles. The lowest BCUT2D eigenvalue weighted by Gasteiger charge is -2.35. The quantitative estimate of drug-likeness (QED) is 0.555. The van der Waals surface area contributed by atoms with Crippen molar-refractivity contribution in [1.82, 2.24) is 25.0 Å². The van der Waals surface area contributed by atoms with Crippen LogP contribution >= 0.6 is 0 Å². The summed E-state index contributed by atoms with van der Waals surface area (Å²) in [5.74, 6) is 0.734. The minimum Gasteiger partial charge on any atom is -0.369 e. The van der Waals surface area contributed by atoms with Crippen LogP contribution in [-0.4, -0.2) is 58.2 Å². The Morgan fingerprint density at radius 1 is 1.07 bits per heavy atom. The number of benzene rings is 2. The van der Waals surface area contributed by atoms with Crippen LogP contribution < -0.4 is 5.32 Å². The Bertz CT molecular complexity index is 1190. The van der Waals surface area contributed by atoms with E-state index in [0.29, 0.717) is 0 Å². The molecule has 4 aromatic rings. The van der Waals surface area contributed by atoms with Crippen molar-refractivity contribution in [2.75, 3.05) is 38.5 Å². The van der Waals surface area contributed by atoms with Gasteiger partial charge in [0.05, 0.1) is 5.52 Å². The number of hydrogen-bond donors (Lipinski definition) is 2. The molecule has 0 spiro atoms. The minimum absolute atomic E-state index is 0.734. The van der Waals surface area contributed by atoms with Crippen molar-refractivity contribution in [3.8, 4) is 0 Å². The average Bonchev–Trinajstić information content (AvgIpc) is 3.16. The van der Waals surface area contributed by atoms with E-state index in [-0.39, 0.29) is 0 Å². The van der Waals surface area contributed by atoms with E-state index in [1.807, 2.05) is 12.1 Å². The molecule has 29 heavy (non-hydrogen) atoms. The van der Waals surface area contributed by atoms with E-state index in [4.69, 9.17) is 0 Å². The van der Waals surface area contributed by atoms with Gasteiger partial charge < -0.3 is 15.1 Å². The molecule has 0 saturated carbocycles. The van der Waals surface area contributed by atoms with Crippen LogP contribution in [0.25, 0.3) is 27.5 Å².